The highest BCUT2D eigenvalue weighted by Gasteiger charge is 2.41. The van der Waals surface area contributed by atoms with Gasteiger partial charge in [-0.3, -0.25) is 13.9 Å². The molecule has 0 saturated carbocycles. The van der Waals surface area contributed by atoms with Gasteiger partial charge in [-0.1, -0.05) is 17.7 Å². The van der Waals surface area contributed by atoms with Crippen LogP contribution in [0.4, 0.5) is 13.6 Å². The predicted molar refractivity (Wildman–Crippen MR) is 132 cm³/mol. The van der Waals surface area contributed by atoms with Crippen molar-refractivity contribution in [3.8, 4) is 0 Å². The van der Waals surface area contributed by atoms with E-state index in [2.05, 4.69) is 10.1 Å². The first-order valence-corrected chi connectivity index (χ1v) is 13.3. The van der Waals surface area contributed by atoms with Crippen LogP contribution in [0.5, 0.6) is 0 Å². The van der Waals surface area contributed by atoms with Crippen LogP contribution in [-0.2, 0) is 23.4 Å². The molecule has 2 atom stereocenters. The third-order valence-corrected chi connectivity index (χ3v) is 7.51. The summed E-state index contributed by atoms with van der Waals surface area (Å²) in [6.45, 7) is 2.18. The lowest BCUT2D eigenvalue weighted by atomic mass is 10.1. The van der Waals surface area contributed by atoms with Crippen molar-refractivity contribution in [2.45, 2.75) is 25.6 Å². The summed E-state index contributed by atoms with van der Waals surface area (Å²) in [7, 11) is -4.85. The topological polar surface area (TPSA) is 111 Å². The minimum absolute atomic E-state index is 0.121. The van der Waals surface area contributed by atoms with E-state index < -0.39 is 55.4 Å². The van der Waals surface area contributed by atoms with Crippen molar-refractivity contribution in [2.24, 2.45) is 0 Å². The van der Waals surface area contributed by atoms with Crippen LogP contribution in [0.3, 0.4) is 0 Å². The molecule has 192 valence electrons. The Morgan fingerprint density at radius 3 is 2.58 bits per heavy atom. The number of benzene rings is 2. The number of carbonyl (C=O) groups excluding carboxylic acids is 2. The molecule has 0 spiro atoms. The van der Waals surface area contributed by atoms with Gasteiger partial charge in [-0.25, -0.2) is 13.6 Å². The molecule has 3 rings (SSSR count). The second-order valence-corrected chi connectivity index (χ2v) is 10.8. The van der Waals surface area contributed by atoms with Gasteiger partial charge >= 0.3 is 13.8 Å². The Morgan fingerprint density at radius 2 is 1.92 bits per heavy atom. The van der Waals surface area contributed by atoms with E-state index in [0.717, 1.165) is 24.4 Å². The summed E-state index contributed by atoms with van der Waals surface area (Å²) in [5.41, 5.74) is -2.09. The average Bonchev–Trinajstić information content (AvgIpc) is 3.17. The van der Waals surface area contributed by atoms with Gasteiger partial charge in [0.2, 0.25) is 12.7 Å². The van der Waals surface area contributed by atoms with E-state index in [1.54, 1.807) is 26.0 Å². The van der Waals surface area contributed by atoms with Crippen LogP contribution in [0.1, 0.15) is 30.6 Å². The lowest BCUT2D eigenvalue weighted by Crippen LogP contribution is -2.26. The summed E-state index contributed by atoms with van der Waals surface area (Å²) < 4.78 is 55.9. The Morgan fingerprint density at radius 1 is 1.22 bits per heavy atom. The van der Waals surface area contributed by atoms with Gasteiger partial charge in [-0.15, -0.1) is 11.3 Å². The molecule has 1 aromatic heterocycles. The van der Waals surface area contributed by atoms with Gasteiger partial charge in [0.05, 0.1) is 6.10 Å². The zero-order valence-electron chi connectivity index (χ0n) is 18.9. The Balaban J connectivity index is 1.89. The van der Waals surface area contributed by atoms with Gasteiger partial charge in [-0.05, 0) is 66.6 Å². The minimum Gasteiger partial charge on any atom is -0.432 e. The third-order valence-electron chi connectivity index (χ3n) is 4.66. The van der Waals surface area contributed by atoms with Crippen molar-refractivity contribution in [2.75, 3.05) is 6.79 Å². The highest BCUT2D eigenvalue weighted by Crippen LogP contribution is 2.58. The first kappa shape index (κ1) is 27.8. The molecule has 0 saturated heterocycles. The van der Waals surface area contributed by atoms with Crippen LogP contribution in [0.15, 0.2) is 48.0 Å². The maximum atomic E-state index is 13.9. The van der Waals surface area contributed by atoms with Gasteiger partial charge in [-0.2, -0.15) is 0 Å². The van der Waals surface area contributed by atoms with Crippen LogP contribution in [0.2, 0.25) is 5.02 Å². The monoisotopic (exact) mass is 559 g/mol. The molecule has 1 amide bonds. The molecule has 13 heteroatoms. The first-order chi connectivity index (χ1) is 17.0. The predicted octanol–water partition coefficient (Wildman–Crippen LogP) is 6.38. The fraction of sp³-hybridized carbons (Fsp3) is 0.217. The van der Waals surface area contributed by atoms with Crippen molar-refractivity contribution in [3.05, 3.63) is 75.8 Å². The van der Waals surface area contributed by atoms with Gasteiger partial charge in [0.25, 0.3) is 0 Å². The van der Waals surface area contributed by atoms with E-state index in [-0.39, 0.29) is 5.56 Å². The molecule has 36 heavy (non-hydrogen) atoms. The summed E-state index contributed by atoms with van der Waals surface area (Å²) in [5.74, 6) is -2.74. The molecule has 8 nitrogen and oxygen atoms in total. The van der Waals surface area contributed by atoms with Crippen LogP contribution in [0, 0.1) is 11.6 Å². The van der Waals surface area contributed by atoms with Crippen molar-refractivity contribution in [1.29, 1.82) is 0 Å². The Labute approximate surface area is 214 Å². The molecular formula is C23H21ClF2NO7PS. The van der Waals surface area contributed by atoms with Gasteiger partial charge < -0.3 is 19.7 Å². The summed E-state index contributed by atoms with van der Waals surface area (Å²) >= 11 is 7.27. The fourth-order valence-corrected chi connectivity index (χ4v) is 5.63. The lowest BCUT2D eigenvalue weighted by Gasteiger charge is -2.21. The molecule has 2 N–H and O–H groups in total. The number of hydrogen-bond donors (Lipinski definition) is 2. The number of amides is 1. The molecule has 2 aromatic carbocycles. The zero-order chi connectivity index (χ0) is 26.5. The molecular weight excluding hydrogens is 539 g/mol. The molecule has 0 aliphatic carbocycles. The van der Waals surface area contributed by atoms with Crippen molar-refractivity contribution in [3.63, 3.8) is 0 Å². The van der Waals surface area contributed by atoms with Gasteiger partial charge in [0.15, 0.2) is 5.66 Å². The van der Waals surface area contributed by atoms with Crippen molar-refractivity contribution in [1.82, 2.24) is 5.32 Å². The first-order valence-electron chi connectivity index (χ1n) is 10.4. The number of halogens is 3. The zero-order valence-corrected chi connectivity index (χ0v) is 21.4. The second-order valence-electron chi connectivity index (χ2n) is 7.58. The Hall–Kier alpha value is -2.82. The number of nitrogens with one attached hydrogen (secondary N) is 1. The Bertz CT molecular complexity index is 1330. The van der Waals surface area contributed by atoms with E-state index in [1.807, 2.05) is 0 Å². The Kier molecular flexibility index (Phi) is 9.21. The maximum Gasteiger partial charge on any atom is 0.510 e. The number of carbonyl (C=O) groups is 2. The smallest absolute Gasteiger partial charge is 0.432 e. The molecule has 3 aromatic rings. The normalized spacial score (nSPS) is 14.1. The van der Waals surface area contributed by atoms with E-state index >= 15 is 0 Å². The summed E-state index contributed by atoms with van der Waals surface area (Å²) in [4.78, 5) is 35.4. The molecule has 2 unspecified atom stereocenters. The molecule has 0 aliphatic heterocycles. The van der Waals surface area contributed by atoms with Crippen LogP contribution >= 0.6 is 30.5 Å². The molecule has 1 heterocycles. The molecule has 0 bridgehead atoms. The third kappa shape index (κ3) is 6.89. The lowest BCUT2D eigenvalue weighted by molar-refractivity contribution is -0.120. The highest BCUT2D eigenvalue weighted by molar-refractivity contribution is 7.54. The van der Waals surface area contributed by atoms with Crippen LogP contribution in [0.25, 0.3) is 16.2 Å². The number of rotatable bonds is 9. The van der Waals surface area contributed by atoms with Gasteiger partial charge in [0.1, 0.15) is 11.6 Å². The summed E-state index contributed by atoms with van der Waals surface area (Å²) in [5, 5.41) is 4.50. The summed E-state index contributed by atoms with van der Waals surface area (Å²) in [6.07, 6.45) is 0.282. The fourth-order valence-electron chi connectivity index (χ4n) is 3.10. The van der Waals surface area contributed by atoms with E-state index in [0.29, 0.717) is 15.1 Å². The van der Waals surface area contributed by atoms with Crippen LogP contribution in [-0.4, -0.2) is 29.9 Å². The minimum atomic E-state index is -4.85. The van der Waals surface area contributed by atoms with E-state index in [4.69, 9.17) is 20.9 Å². The molecule has 0 fully saturated rings. The average molecular weight is 560 g/mol. The summed E-state index contributed by atoms with van der Waals surface area (Å²) in [6, 6.07) is 8.07. The number of ether oxygens (including phenoxy) is 2. The van der Waals surface area contributed by atoms with Crippen molar-refractivity contribution >= 4 is 58.8 Å². The van der Waals surface area contributed by atoms with Gasteiger partial charge in [0, 0.05) is 21.5 Å². The van der Waals surface area contributed by atoms with Crippen LogP contribution < -0.4 is 5.32 Å². The molecule has 0 aliphatic rings. The number of thiophene rings is 1. The SMILES string of the molecule is CC(C)OC(=O)OCOP(=O)(O)C(C(=O)NC=Cc1c(F)cccc1F)c1csc2ccc(Cl)cc12. The molecule has 0 radical (unpaired) electrons. The largest absolute Gasteiger partial charge is 0.510 e. The van der Waals surface area contributed by atoms with Crippen molar-refractivity contribution < 1.29 is 41.8 Å². The second kappa shape index (κ2) is 11.9. The maximum absolute atomic E-state index is 13.9. The standard InChI is InChI=1S/C23H21ClF2NO7PS/c1-13(2)34-23(29)32-12-33-35(30,31)21(17-11-36-20-7-6-14(24)10-16(17)20)22(28)27-9-8-15-18(25)4-3-5-19(15)26/h3-11,13,21H,12H2,1-2H3,(H,27,28)(H,30,31). The van der Waals surface area contributed by atoms with E-state index in [9.17, 15) is 27.8 Å². The number of fused-ring (bicyclic) bond motifs is 1. The number of hydrogen-bond acceptors (Lipinski definition) is 7. The highest BCUT2D eigenvalue weighted by atomic mass is 35.5. The van der Waals surface area contributed by atoms with E-state index in [1.165, 1.54) is 28.8 Å². The quantitative estimate of drug-likeness (QED) is 0.178.